The molecule has 2 aromatic carbocycles. The molecule has 0 aliphatic carbocycles. The Kier molecular flexibility index (Phi) is 3.92. The monoisotopic (exact) mass is 346 g/mol. The second kappa shape index (κ2) is 6.26. The molecule has 0 bridgehead atoms. The van der Waals surface area contributed by atoms with E-state index in [1.807, 2.05) is 19.9 Å². The van der Waals surface area contributed by atoms with E-state index in [0.29, 0.717) is 0 Å². The molecule has 0 saturated carbocycles. The third kappa shape index (κ3) is 2.92. The fourth-order valence-electron chi connectivity index (χ4n) is 3.07. The van der Waals surface area contributed by atoms with Crippen LogP contribution in [0, 0.1) is 26.6 Å². The molecule has 0 aliphatic heterocycles. The molecule has 0 aliphatic rings. The van der Waals surface area contributed by atoms with Crippen LogP contribution in [-0.2, 0) is 0 Å². The van der Waals surface area contributed by atoms with Crippen molar-refractivity contribution < 1.29 is 4.39 Å². The molecular formula is C21H19FN4. The molecule has 0 spiro atoms. The van der Waals surface area contributed by atoms with E-state index in [1.54, 1.807) is 16.6 Å². The van der Waals surface area contributed by atoms with Gasteiger partial charge < -0.3 is 5.32 Å². The Balaban J connectivity index is 1.86. The highest BCUT2D eigenvalue weighted by Crippen LogP contribution is 2.30. The van der Waals surface area contributed by atoms with Crippen molar-refractivity contribution in [3.63, 3.8) is 0 Å². The zero-order chi connectivity index (χ0) is 18.3. The van der Waals surface area contributed by atoms with E-state index in [2.05, 4.69) is 41.6 Å². The molecule has 26 heavy (non-hydrogen) atoms. The van der Waals surface area contributed by atoms with Crippen molar-refractivity contribution in [3.05, 3.63) is 77.4 Å². The van der Waals surface area contributed by atoms with Gasteiger partial charge in [-0.05, 0) is 50.6 Å². The first kappa shape index (κ1) is 16.3. The number of hydrogen-bond acceptors (Lipinski definition) is 3. The number of anilines is 2. The Morgan fingerprint density at radius 1 is 0.923 bits per heavy atom. The van der Waals surface area contributed by atoms with Crippen LogP contribution in [0.3, 0.4) is 0 Å². The summed E-state index contributed by atoms with van der Waals surface area (Å²) in [5.41, 5.74) is 6.72. The Morgan fingerprint density at radius 3 is 2.31 bits per heavy atom. The van der Waals surface area contributed by atoms with E-state index < -0.39 is 0 Å². The normalized spacial score (nSPS) is 11.1. The third-order valence-electron chi connectivity index (χ3n) is 4.35. The molecule has 5 heteroatoms. The maximum absolute atomic E-state index is 13.2. The molecule has 0 fully saturated rings. The van der Waals surface area contributed by atoms with Gasteiger partial charge in [0, 0.05) is 23.0 Å². The average Bonchev–Trinajstić information content (AvgIpc) is 2.94. The van der Waals surface area contributed by atoms with Gasteiger partial charge in [0.1, 0.15) is 11.6 Å². The molecule has 2 aromatic heterocycles. The van der Waals surface area contributed by atoms with Crippen LogP contribution in [0.25, 0.3) is 16.8 Å². The highest BCUT2D eigenvalue weighted by Gasteiger charge is 2.16. The molecule has 4 rings (SSSR count). The van der Waals surface area contributed by atoms with Gasteiger partial charge in [-0.2, -0.15) is 9.61 Å². The van der Waals surface area contributed by atoms with Gasteiger partial charge in [0.15, 0.2) is 5.65 Å². The summed E-state index contributed by atoms with van der Waals surface area (Å²) in [5.74, 6) is 0.531. The quantitative estimate of drug-likeness (QED) is 0.554. The van der Waals surface area contributed by atoms with Crippen LogP contribution < -0.4 is 5.32 Å². The zero-order valence-electron chi connectivity index (χ0n) is 14.9. The van der Waals surface area contributed by atoms with Crippen LogP contribution in [0.1, 0.15) is 17.0 Å². The van der Waals surface area contributed by atoms with Crippen LogP contribution in [0.15, 0.2) is 54.6 Å². The lowest BCUT2D eigenvalue weighted by Gasteiger charge is -2.10. The van der Waals surface area contributed by atoms with Crippen molar-refractivity contribution in [2.75, 3.05) is 5.32 Å². The van der Waals surface area contributed by atoms with Gasteiger partial charge in [-0.15, -0.1) is 0 Å². The molecule has 130 valence electrons. The van der Waals surface area contributed by atoms with Crippen LogP contribution in [0.4, 0.5) is 15.9 Å². The van der Waals surface area contributed by atoms with Gasteiger partial charge in [0.25, 0.3) is 0 Å². The molecule has 1 N–H and O–H groups in total. The minimum absolute atomic E-state index is 0.261. The van der Waals surface area contributed by atoms with E-state index in [0.717, 1.165) is 39.7 Å². The number of rotatable bonds is 3. The van der Waals surface area contributed by atoms with Gasteiger partial charge in [-0.3, -0.25) is 0 Å². The smallest absolute Gasteiger partial charge is 0.165 e. The number of nitrogens with one attached hydrogen (secondary N) is 1. The molecule has 0 saturated heterocycles. The standard InChI is InChI=1S/C21H19FN4/c1-13-4-6-16(7-5-13)20-15(3)25-26-19(12-14(2)23-21(20)26)24-18-10-8-17(22)9-11-18/h4-12,24H,1-3H3. The van der Waals surface area contributed by atoms with Crippen molar-refractivity contribution in [2.24, 2.45) is 0 Å². The number of halogens is 1. The highest BCUT2D eigenvalue weighted by molar-refractivity contribution is 5.81. The first-order valence-corrected chi connectivity index (χ1v) is 8.48. The summed E-state index contributed by atoms with van der Waals surface area (Å²) in [5, 5.41) is 7.99. The lowest BCUT2D eigenvalue weighted by Crippen LogP contribution is -2.02. The largest absolute Gasteiger partial charge is 0.340 e. The van der Waals surface area contributed by atoms with Crippen LogP contribution in [0.5, 0.6) is 0 Å². The molecule has 4 nitrogen and oxygen atoms in total. The predicted octanol–water partition coefficient (Wildman–Crippen LogP) is 5.20. The number of nitrogens with zero attached hydrogens (tertiary/aromatic N) is 3. The summed E-state index contributed by atoms with van der Waals surface area (Å²) in [6, 6.07) is 16.6. The zero-order valence-corrected chi connectivity index (χ0v) is 14.9. The van der Waals surface area contributed by atoms with Gasteiger partial charge in [0.2, 0.25) is 0 Å². The molecule has 4 aromatic rings. The number of aryl methyl sites for hydroxylation is 3. The fourth-order valence-corrected chi connectivity index (χ4v) is 3.07. The molecule has 0 radical (unpaired) electrons. The highest BCUT2D eigenvalue weighted by atomic mass is 19.1. The summed E-state index contributed by atoms with van der Waals surface area (Å²) in [4.78, 5) is 4.71. The lowest BCUT2D eigenvalue weighted by atomic mass is 10.0. The average molecular weight is 346 g/mol. The topological polar surface area (TPSA) is 42.2 Å². The van der Waals surface area contributed by atoms with Crippen molar-refractivity contribution in [3.8, 4) is 11.1 Å². The number of aromatic nitrogens is 3. The maximum Gasteiger partial charge on any atom is 0.165 e. The first-order valence-electron chi connectivity index (χ1n) is 8.48. The van der Waals surface area contributed by atoms with Crippen molar-refractivity contribution in [1.82, 2.24) is 14.6 Å². The molecule has 0 amide bonds. The SMILES string of the molecule is Cc1ccc(-c2c(C)nn3c(Nc4ccc(F)cc4)cc(C)nc23)cc1. The summed E-state index contributed by atoms with van der Waals surface area (Å²) < 4.78 is 15.0. The fraction of sp³-hybridized carbons (Fsp3) is 0.143. The van der Waals surface area contributed by atoms with Gasteiger partial charge in [-0.25, -0.2) is 9.37 Å². The number of fused-ring (bicyclic) bond motifs is 1. The minimum Gasteiger partial charge on any atom is -0.340 e. The van der Waals surface area contributed by atoms with Gasteiger partial charge in [0.05, 0.1) is 5.69 Å². The van der Waals surface area contributed by atoms with Crippen molar-refractivity contribution in [2.45, 2.75) is 20.8 Å². The molecule has 0 unspecified atom stereocenters. The summed E-state index contributed by atoms with van der Waals surface area (Å²) >= 11 is 0. The van der Waals surface area contributed by atoms with Crippen LogP contribution in [0.2, 0.25) is 0 Å². The van der Waals surface area contributed by atoms with Crippen molar-refractivity contribution in [1.29, 1.82) is 0 Å². The number of benzene rings is 2. The molecule has 2 heterocycles. The van der Waals surface area contributed by atoms with Crippen molar-refractivity contribution >= 4 is 17.2 Å². The Bertz CT molecular complexity index is 1080. The van der Waals surface area contributed by atoms with Crippen LogP contribution >= 0.6 is 0 Å². The summed E-state index contributed by atoms with van der Waals surface area (Å²) in [7, 11) is 0. The summed E-state index contributed by atoms with van der Waals surface area (Å²) in [6.07, 6.45) is 0. The van der Waals surface area contributed by atoms with Gasteiger partial charge in [-0.1, -0.05) is 29.8 Å². The first-order chi connectivity index (χ1) is 12.5. The lowest BCUT2D eigenvalue weighted by molar-refractivity contribution is 0.628. The number of hydrogen-bond donors (Lipinski definition) is 1. The molecular weight excluding hydrogens is 327 g/mol. The maximum atomic E-state index is 13.2. The second-order valence-corrected chi connectivity index (χ2v) is 6.48. The van der Waals surface area contributed by atoms with E-state index in [1.165, 1.54) is 17.7 Å². The van der Waals surface area contributed by atoms with E-state index in [-0.39, 0.29) is 5.82 Å². The summed E-state index contributed by atoms with van der Waals surface area (Å²) in [6.45, 7) is 6.01. The Hall–Kier alpha value is -3.21. The van der Waals surface area contributed by atoms with Crippen LogP contribution in [-0.4, -0.2) is 14.6 Å². The Morgan fingerprint density at radius 2 is 1.62 bits per heavy atom. The Labute approximate surface area is 151 Å². The molecule has 0 atom stereocenters. The van der Waals surface area contributed by atoms with Gasteiger partial charge >= 0.3 is 0 Å². The third-order valence-corrected chi connectivity index (χ3v) is 4.35. The predicted molar refractivity (Wildman–Crippen MR) is 102 cm³/mol. The second-order valence-electron chi connectivity index (χ2n) is 6.48. The van der Waals surface area contributed by atoms with E-state index in [4.69, 9.17) is 4.98 Å². The van der Waals surface area contributed by atoms with E-state index in [9.17, 15) is 4.39 Å². The minimum atomic E-state index is -0.261. The van der Waals surface area contributed by atoms with E-state index >= 15 is 0 Å².